The number of fused-ring (bicyclic) bond motifs is 1. The molecule has 4 rings (SSSR count). The van der Waals surface area contributed by atoms with E-state index in [0.29, 0.717) is 18.2 Å². The molecule has 0 radical (unpaired) electrons. The average Bonchev–Trinajstić information content (AvgIpc) is 3.13. The van der Waals surface area contributed by atoms with Crippen LogP contribution < -0.4 is 4.74 Å². The molecule has 4 aromatic rings. The number of benzene rings is 3. The molecule has 3 aromatic carbocycles. The largest absolute Gasteiger partial charge is 0.615 e. The van der Waals surface area contributed by atoms with E-state index in [-0.39, 0.29) is 5.75 Å². The third kappa shape index (κ3) is 5.08. The van der Waals surface area contributed by atoms with Crippen molar-refractivity contribution in [1.82, 2.24) is 9.78 Å². The van der Waals surface area contributed by atoms with E-state index >= 15 is 0 Å². The minimum absolute atomic E-state index is 0.0615. The molecular weight excluding hydrogens is 420 g/mol. The van der Waals surface area contributed by atoms with Gasteiger partial charge in [0.05, 0.1) is 24.5 Å². The number of aryl methyl sites for hydroxylation is 1. The lowest BCUT2D eigenvalue weighted by atomic mass is 10.0. The van der Waals surface area contributed by atoms with Crippen LogP contribution in [0.5, 0.6) is 5.75 Å². The molecular formula is C23H21ClN2O3S. The van der Waals surface area contributed by atoms with Crippen molar-refractivity contribution >= 4 is 32.7 Å². The van der Waals surface area contributed by atoms with Gasteiger partial charge in [0.25, 0.3) is 0 Å². The predicted molar refractivity (Wildman–Crippen MR) is 121 cm³/mol. The summed E-state index contributed by atoms with van der Waals surface area (Å²) >= 11 is 5.98. The van der Waals surface area contributed by atoms with Gasteiger partial charge in [-0.2, -0.15) is 5.10 Å². The summed E-state index contributed by atoms with van der Waals surface area (Å²) in [6.07, 6.45) is 2.96. The van der Waals surface area contributed by atoms with Gasteiger partial charge in [0, 0.05) is 20.6 Å². The first-order chi connectivity index (χ1) is 14.4. The first-order valence-electron chi connectivity index (χ1n) is 9.48. The topological polar surface area (TPSA) is 67.2 Å². The van der Waals surface area contributed by atoms with Crippen molar-refractivity contribution in [3.63, 3.8) is 0 Å². The third-order valence-corrected chi connectivity index (χ3v) is 5.97. The van der Waals surface area contributed by atoms with Gasteiger partial charge in [0.1, 0.15) is 18.1 Å². The lowest BCUT2D eigenvalue weighted by Gasteiger charge is -2.10. The highest BCUT2D eigenvalue weighted by atomic mass is 35.5. The van der Waals surface area contributed by atoms with Crippen LogP contribution in [-0.2, 0) is 27.6 Å². The summed E-state index contributed by atoms with van der Waals surface area (Å²) in [6, 6.07) is 21.7. The molecule has 1 unspecified atom stereocenters. The molecule has 1 atom stereocenters. The molecule has 0 aliphatic carbocycles. The van der Waals surface area contributed by atoms with Crippen molar-refractivity contribution in [3.8, 4) is 16.9 Å². The van der Waals surface area contributed by atoms with Crippen molar-refractivity contribution in [2.24, 2.45) is 0 Å². The molecule has 0 aliphatic rings. The summed E-state index contributed by atoms with van der Waals surface area (Å²) in [5.41, 5.74) is 4.15. The number of aromatic nitrogens is 2. The molecule has 5 nitrogen and oxygen atoms in total. The molecule has 0 spiro atoms. The summed E-state index contributed by atoms with van der Waals surface area (Å²) in [4.78, 5) is 0. The van der Waals surface area contributed by atoms with Crippen molar-refractivity contribution in [2.75, 3.05) is 12.0 Å². The Morgan fingerprint density at radius 1 is 1.07 bits per heavy atom. The molecule has 1 heterocycles. The fourth-order valence-corrected chi connectivity index (χ4v) is 3.87. The summed E-state index contributed by atoms with van der Waals surface area (Å²) in [6.45, 7) is 0.773. The number of rotatable bonds is 7. The monoisotopic (exact) mass is 440 g/mol. The van der Waals surface area contributed by atoms with Crippen LogP contribution in [0.2, 0.25) is 5.02 Å². The maximum atomic E-state index is 11.4. The Kier molecular flexibility index (Phi) is 5.90. The second kappa shape index (κ2) is 8.60. The fraction of sp³-hybridized carbons (Fsp3) is 0.174. The molecule has 7 heteroatoms. The molecule has 0 aliphatic heterocycles. The van der Waals surface area contributed by atoms with E-state index in [1.807, 2.05) is 54.6 Å². The lowest BCUT2D eigenvalue weighted by Crippen LogP contribution is -2.17. The normalized spacial score (nSPS) is 13.3. The Hall–Kier alpha value is -2.67. The average molecular weight is 441 g/mol. The lowest BCUT2D eigenvalue weighted by molar-refractivity contribution is 0.306. The van der Waals surface area contributed by atoms with Crippen LogP contribution in [0.25, 0.3) is 22.0 Å². The fourth-order valence-electron chi connectivity index (χ4n) is 3.24. The summed E-state index contributed by atoms with van der Waals surface area (Å²) in [7, 11) is -3.03. The van der Waals surface area contributed by atoms with Crippen LogP contribution >= 0.6 is 11.6 Å². The van der Waals surface area contributed by atoms with Crippen LogP contribution in [-0.4, -0.2) is 26.3 Å². The van der Waals surface area contributed by atoms with Crippen molar-refractivity contribution < 1.29 is 13.5 Å². The second-order valence-corrected chi connectivity index (χ2v) is 9.91. The van der Waals surface area contributed by atoms with Gasteiger partial charge in [-0.3, -0.25) is 4.68 Å². The molecule has 0 N–H and O–H groups in total. The van der Waals surface area contributed by atoms with Crippen molar-refractivity contribution in [3.05, 3.63) is 83.5 Å². The Morgan fingerprint density at radius 2 is 1.87 bits per heavy atom. The summed E-state index contributed by atoms with van der Waals surface area (Å²) in [5.74, 6) is 0.800. The van der Waals surface area contributed by atoms with Crippen LogP contribution in [0.1, 0.15) is 5.56 Å². The number of hydrogen-bond acceptors (Lipinski definition) is 4. The number of ether oxygens (including phenoxy) is 1. The Labute approximate surface area is 181 Å². The quantitative estimate of drug-likeness (QED) is 0.370. The highest BCUT2D eigenvalue weighted by Crippen LogP contribution is 2.25. The van der Waals surface area contributed by atoms with E-state index in [9.17, 15) is 8.76 Å². The zero-order chi connectivity index (χ0) is 21.1. The predicted octanol–water partition coefficient (Wildman–Crippen LogP) is 5.20. The van der Waals surface area contributed by atoms with Gasteiger partial charge < -0.3 is 9.29 Å². The molecule has 0 saturated heterocycles. The van der Waals surface area contributed by atoms with E-state index in [1.165, 1.54) is 6.26 Å². The van der Waals surface area contributed by atoms with Crippen LogP contribution in [0, 0.1) is 0 Å². The van der Waals surface area contributed by atoms with Gasteiger partial charge in [-0.15, -0.1) is 4.21 Å². The van der Waals surface area contributed by atoms with Crippen LogP contribution in [0.15, 0.2) is 72.9 Å². The highest BCUT2D eigenvalue weighted by Gasteiger charge is 2.10. The minimum Gasteiger partial charge on any atom is -0.615 e. The first kappa shape index (κ1) is 20.6. The van der Waals surface area contributed by atoms with Crippen molar-refractivity contribution in [2.45, 2.75) is 13.2 Å². The maximum Gasteiger partial charge on any atom is 0.128 e. The Balaban J connectivity index is 1.45. The highest BCUT2D eigenvalue weighted by molar-refractivity contribution is 7.96. The zero-order valence-electron chi connectivity index (χ0n) is 16.5. The van der Waals surface area contributed by atoms with Crippen LogP contribution in [0.4, 0.5) is 0 Å². The van der Waals surface area contributed by atoms with E-state index in [2.05, 4.69) is 17.2 Å². The van der Waals surface area contributed by atoms with E-state index < -0.39 is 10.2 Å². The van der Waals surface area contributed by atoms with Gasteiger partial charge in [-0.1, -0.05) is 41.9 Å². The molecule has 1 aromatic heterocycles. The third-order valence-electron chi connectivity index (χ3n) is 4.80. The molecule has 0 bridgehead atoms. The molecule has 0 amide bonds. The van der Waals surface area contributed by atoms with Gasteiger partial charge in [0.15, 0.2) is 0 Å². The van der Waals surface area contributed by atoms with Crippen molar-refractivity contribution in [1.29, 1.82) is 0 Å². The zero-order valence-corrected chi connectivity index (χ0v) is 18.0. The number of nitrogens with zero attached hydrogens (tertiary/aromatic N) is 2. The second-order valence-electron chi connectivity index (χ2n) is 7.21. The molecule has 0 fully saturated rings. The number of hydrogen-bond donors (Lipinski definition) is 0. The Morgan fingerprint density at radius 3 is 2.63 bits per heavy atom. The first-order valence-corrected chi connectivity index (χ1v) is 11.9. The van der Waals surface area contributed by atoms with Gasteiger partial charge in [-0.25, -0.2) is 0 Å². The molecule has 30 heavy (non-hydrogen) atoms. The Bertz CT molecular complexity index is 1210. The summed E-state index contributed by atoms with van der Waals surface area (Å²) < 4.78 is 30.5. The minimum atomic E-state index is -3.03. The van der Waals surface area contributed by atoms with Gasteiger partial charge in [0.2, 0.25) is 0 Å². The molecule has 154 valence electrons. The number of sulfone groups is 1. The van der Waals surface area contributed by atoms with E-state index in [1.54, 1.807) is 10.9 Å². The summed E-state index contributed by atoms with van der Waals surface area (Å²) in [5, 5.41) is 5.93. The smallest absolute Gasteiger partial charge is 0.128 e. The van der Waals surface area contributed by atoms with Gasteiger partial charge >= 0.3 is 0 Å². The molecule has 0 saturated carbocycles. The standard InChI is InChI=1S/C23H21ClN2O3S/c1-30(27,28)12-11-26-23-10-9-22(14-20(23)15-25-26)29-16-17-3-2-4-19(13-17)18-5-7-21(24)8-6-18/h2-10,13-15H,11-12,16H2,1H3. The van der Waals surface area contributed by atoms with E-state index in [0.717, 1.165) is 33.3 Å². The van der Waals surface area contributed by atoms with Crippen LogP contribution in [0.3, 0.4) is 0 Å². The maximum absolute atomic E-state index is 11.4. The van der Waals surface area contributed by atoms with E-state index in [4.69, 9.17) is 16.3 Å². The van der Waals surface area contributed by atoms with Gasteiger partial charge in [-0.05, 0) is 53.1 Å². The number of halogens is 1. The SMILES string of the molecule is C[S+](=O)([O-])CCn1ncc2cc(OCc3cccc(-c4ccc(Cl)cc4)c3)ccc21.